The van der Waals surface area contributed by atoms with Crippen molar-refractivity contribution in [1.82, 2.24) is 0 Å². The van der Waals surface area contributed by atoms with Gasteiger partial charge >= 0.3 is 0 Å². The van der Waals surface area contributed by atoms with Gasteiger partial charge in [-0.3, -0.25) is 0 Å². The zero-order valence-corrected chi connectivity index (χ0v) is 11.3. The first-order valence-electron chi connectivity index (χ1n) is 3.51. The maximum Gasteiger partial charge on any atom is 0.232 e. The quantitative estimate of drug-likeness (QED) is 0.529. The van der Waals surface area contributed by atoms with Crippen LogP contribution in [0.15, 0.2) is 35.2 Å². The number of hydrogen-bond donors (Lipinski definition) is 0. The molecule has 0 nitrogen and oxygen atoms in total. The Labute approximate surface area is 112 Å². The van der Waals surface area contributed by atoms with E-state index in [0.717, 1.165) is 16.7 Å². The first-order valence-corrected chi connectivity index (χ1v) is 6.22. The molecule has 0 spiro atoms. The Bertz CT molecular complexity index is 292. The van der Waals surface area contributed by atoms with Crippen molar-refractivity contribution in [3.8, 4) is 0 Å². The topological polar surface area (TPSA) is 0 Å². The van der Waals surface area contributed by atoms with Crippen molar-refractivity contribution in [3.05, 3.63) is 30.3 Å². The lowest BCUT2D eigenvalue weighted by Gasteiger charge is -2.26. The Balaban J connectivity index is 2.79. The molecule has 1 aromatic carbocycles. The predicted octanol–water partition coefficient (Wildman–Crippen LogP) is 5.28. The van der Waals surface area contributed by atoms with E-state index in [-0.39, 0.29) is 0 Å². The van der Waals surface area contributed by atoms with Gasteiger partial charge in [0, 0.05) is 4.90 Å². The lowest BCUT2D eigenvalue weighted by atomic mass is 10.4. The van der Waals surface area contributed by atoms with Crippen LogP contribution in [-0.2, 0) is 0 Å². The third-order valence-electron chi connectivity index (χ3n) is 1.32. The Hall–Kier alpha value is 1.02. The van der Waals surface area contributed by atoms with Gasteiger partial charge in [-0.05, 0) is 12.1 Å². The molecule has 0 bridgehead atoms. The molecule has 1 aromatic rings. The van der Waals surface area contributed by atoms with E-state index >= 15 is 0 Å². The third kappa shape index (κ3) is 3.55. The number of benzene rings is 1. The van der Waals surface area contributed by atoms with Crippen LogP contribution in [0.1, 0.15) is 0 Å². The average Bonchev–Trinajstić information content (AvgIpc) is 2.03. The standard InChI is InChI=1S/C8H5Cl5S/c9-7(10,11)8(12,13)14-6-4-2-1-3-5-6/h1-5H. The molecule has 14 heavy (non-hydrogen) atoms. The highest BCUT2D eigenvalue weighted by Gasteiger charge is 2.46. The summed E-state index contributed by atoms with van der Waals surface area (Å²) >= 11 is 29.7. The van der Waals surface area contributed by atoms with Crippen molar-refractivity contribution in [2.45, 2.75) is 12.4 Å². The average molecular weight is 310 g/mol. The zero-order chi connectivity index (χ0) is 10.8. The van der Waals surface area contributed by atoms with E-state index in [9.17, 15) is 0 Å². The molecule has 0 aliphatic carbocycles. The number of alkyl halides is 5. The molecule has 0 aliphatic heterocycles. The maximum absolute atomic E-state index is 5.88. The molecule has 0 amide bonds. The summed E-state index contributed by atoms with van der Waals surface area (Å²) in [5.74, 6) is 0. The largest absolute Gasteiger partial charge is 0.232 e. The highest BCUT2D eigenvalue weighted by Crippen LogP contribution is 2.55. The molecule has 0 N–H and O–H groups in total. The number of hydrogen-bond acceptors (Lipinski definition) is 1. The Morgan fingerprint density at radius 3 is 1.79 bits per heavy atom. The summed E-state index contributed by atoms with van der Waals surface area (Å²) in [7, 11) is 0. The fraction of sp³-hybridized carbons (Fsp3) is 0.250. The second-order valence-corrected chi connectivity index (χ2v) is 7.77. The summed E-state index contributed by atoms with van der Waals surface area (Å²) in [5.41, 5.74) is 0. The summed E-state index contributed by atoms with van der Waals surface area (Å²) in [4.78, 5) is 0.837. The number of halogens is 5. The summed E-state index contributed by atoms with van der Waals surface area (Å²) < 4.78 is -3.24. The number of thioether (sulfide) groups is 1. The first kappa shape index (κ1) is 13.1. The second-order valence-electron chi connectivity index (χ2n) is 2.43. The Morgan fingerprint density at radius 2 is 1.36 bits per heavy atom. The van der Waals surface area contributed by atoms with E-state index in [0.29, 0.717) is 0 Å². The fourth-order valence-electron chi connectivity index (χ4n) is 0.694. The van der Waals surface area contributed by atoms with Gasteiger partial charge in [-0.25, -0.2) is 0 Å². The Morgan fingerprint density at radius 1 is 0.857 bits per heavy atom. The van der Waals surface area contributed by atoms with Crippen LogP contribution in [0.5, 0.6) is 0 Å². The minimum absolute atomic E-state index is 0.837. The van der Waals surface area contributed by atoms with Crippen LogP contribution < -0.4 is 0 Å². The van der Waals surface area contributed by atoms with Crippen molar-refractivity contribution in [1.29, 1.82) is 0 Å². The van der Waals surface area contributed by atoms with Gasteiger partial charge in [0.15, 0.2) is 0 Å². The minimum Gasteiger partial charge on any atom is -0.0842 e. The van der Waals surface area contributed by atoms with Crippen molar-refractivity contribution in [2.75, 3.05) is 0 Å². The molecular weight excluding hydrogens is 305 g/mol. The van der Waals surface area contributed by atoms with Crippen LogP contribution >= 0.6 is 69.8 Å². The smallest absolute Gasteiger partial charge is 0.0842 e. The van der Waals surface area contributed by atoms with Crippen LogP contribution in [0.3, 0.4) is 0 Å². The molecule has 0 unspecified atom stereocenters. The molecule has 6 heteroatoms. The SMILES string of the molecule is ClC(Cl)(Cl)C(Cl)(Cl)Sc1ccccc1. The summed E-state index contributed by atoms with van der Waals surface area (Å²) in [6, 6.07) is 9.25. The van der Waals surface area contributed by atoms with Crippen LogP contribution in [-0.4, -0.2) is 7.46 Å². The summed E-state index contributed by atoms with van der Waals surface area (Å²) in [5, 5.41) is 0. The van der Waals surface area contributed by atoms with E-state index in [1.54, 1.807) is 0 Å². The van der Waals surface area contributed by atoms with Gasteiger partial charge < -0.3 is 0 Å². The van der Waals surface area contributed by atoms with Crippen LogP contribution in [0.2, 0.25) is 0 Å². The van der Waals surface area contributed by atoms with Gasteiger partial charge in [0.25, 0.3) is 0 Å². The van der Waals surface area contributed by atoms with Crippen LogP contribution in [0, 0.1) is 0 Å². The molecular formula is C8H5Cl5S. The van der Waals surface area contributed by atoms with E-state index < -0.39 is 7.46 Å². The molecule has 0 heterocycles. The van der Waals surface area contributed by atoms with E-state index in [2.05, 4.69) is 0 Å². The third-order valence-corrected chi connectivity index (χ3v) is 5.19. The summed E-state index contributed by atoms with van der Waals surface area (Å²) in [6.45, 7) is 0. The lowest BCUT2D eigenvalue weighted by molar-refractivity contribution is 1.11. The molecule has 0 atom stereocenters. The van der Waals surface area contributed by atoms with Crippen molar-refractivity contribution >= 4 is 69.8 Å². The molecule has 0 fully saturated rings. The number of rotatable bonds is 2. The first-order chi connectivity index (χ1) is 6.33. The van der Waals surface area contributed by atoms with Crippen LogP contribution in [0.4, 0.5) is 0 Å². The molecule has 1 rings (SSSR count). The zero-order valence-electron chi connectivity index (χ0n) is 6.68. The Kier molecular flexibility index (Phi) is 4.58. The second kappa shape index (κ2) is 4.90. The van der Waals surface area contributed by atoms with Gasteiger partial charge in [0.1, 0.15) is 0 Å². The normalized spacial score (nSPS) is 12.9. The van der Waals surface area contributed by atoms with Crippen molar-refractivity contribution in [2.24, 2.45) is 0 Å². The molecule has 0 radical (unpaired) electrons. The fourth-order valence-corrected chi connectivity index (χ4v) is 2.28. The maximum atomic E-state index is 5.88. The lowest BCUT2D eigenvalue weighted by Crippen LogP contribution is -2.26. The van der Waals surface area contributed by atoms with Gasteiger partial charge in [-0.15, -0.1) is 0 Å². The predicted molar refractivity (Wildman–Crippen MR) is 67.0 cm³/mol. The minimum atomic E-state index is -1.74. The van der Waals surface area contributed by atoms with Gasteiger partial charge in [-0.2, -0.15) is 0 Å². The van der Waals surface area contributed by atoms with Gasteiger partial charge in [-0.1, -0.05) is 88.0 Å². The summed E-state index contributed by atoms with van der Waals surface area (Å²) in [6.07, 6.45) is 0. The molecule has 0 saturated heterocycles. The highest BCUT2D eigenvalue weighted by molar-refractivity contribution is 8.03. The van der Waals surface area contributed by atoms with Crippen LogP contribution in [0.25, 0.3) is 0 Å². The highest BCUT2D eigenvalue weighted by atomic mass is 35.6. The molecule has 0 saturated carbocycles. The van der Waals surface area contributed by atoms with E-state index in [1.165, 1.54) is 0 Å². The molecule has 0 aromatic heterocycles. The van der Waals surface area contributed by atoms with Gasteiger partial charge in [0.05, 0.1) is 0 Å². The monoisotopic (exact) mass is 308 g/mol. The molecule has 78 valence electrons. The molecule has 0 aliphatic rings. The van der Waals surface area contributed by atoms with E-state index in [4.69, 9.17) is 58.0 Å². The van der Waals surface area contributed by atoms with Crippen molar-refractivity contribution in [3.63, 3.8) is 0 Å². The van der Waals surface area contributed by atoms with Crippen molar-refractivity contribution < 1.29 is 0 Å². The van der Waals surface area contributed by atoms with Gasteiger partial charge in [0.2, 0.25) is 7.46 Å². The van der Waals surface area contributed by atoms with E-state index in [1.807, 2.05) is 30.3 Å².